The Hall–Kier alpha value is -1.53. The van der Waals surface area contributed by atoms with Crippen LogP contribution in [0.2, 0.25) is 10.0 Å². The van der Waals surface area contributed by atoms with Gasteiger partial charge in [-0.3, -0.25) is 0 Å². The van der Waals surface area contributed by atoms with Crippen molar-refractivity contribution >= 4 is 35.2 Å². The number of carboxylic acid groups (broad SMARTS) is 1. The lowest BCUT2D eigenvalue weighted by Gasteiger charge is -2.35. The SMILES string of the molecule is O=C(O)[C@@H](Cc1ccc(Cl)cc1Cl)NC(=O)N1CC(F)C1. The summed E-state index contributed by atoms with van der Waals surface area (Å²) in [5.41, 5.74) is 0.556. The maximum atomic E-state index is 12.7. The molecule has 1 aliphatic rings. The molecule has 114 valence electrons. The smallest absolute Gasteiger partial charge is 0.326 e. The standard InChI is InChI=1S/C13H13Cl2FN2O3/c14-8-2-1-7(10(15)4-8)3-11(12(19)20)17-13(21)18-5-9(16)6-18/h1-2,4,9,11H,3,5-6H2,(H,17,21)(H,19,20)/t11-/m1/s1. The Labute approximate surface area is 130 Å². The molecular weight excluding hydrogens is 322 g/mol. The summed E-state index contributed by atoms with van der Waals surface area (Å²) in [6, 6.07) is 2.96. The van der Waals surface area contributed by atoms with E-state index in [1.165, 1.54) is 11.0 Å². The van der Waals surface area contributed by atoms with E-state index >= 15 is 0 Å². The highest BCUT2D eigenvalue weighted by Gasteiger charge is 2.32. The van der Waals surface area contributed by atoms with E-state index in [1.54, 1.807) is 12.1 Å². The quantitative estimate of drug-likeness (QED) is 0.887. The number of alkyl halides is 1. The van der Waals surface area contributed by atoms with Gasteiger partial charge < -0.3 is 15.3 Å². The molecule has 0 unspecified atom stereocenters. The first-order chi connectivity index (χ1) is 9.86. The summed E-state index contributed by atoms with van der Waals surface area (Å²) in [6.07, 6.45) is -1.02. The van der Waals surface area contributed by atoms with Gasteiger partial charge >= 0.3 is 12.0 Å². The molecule has 1 atom stereocenters. The van der Waals surface area contributed by atoms with Gasteiger partial charge in [0, 0.05) is 16.5 Å². The van der Waals surface area contributed by atoms with Crippen LogP contribution in [0.4, 0.5) is 9.18 Å². The van der Waals surface area contributed by atoms with Gasteiger partial charge in [0.05, 0.1) is 13.1 Å². The molecule has 0 spiro atoms. The van der Waals surface area contributed by atoms with Gasteiger partial charge in [-0.05, 0) is 17.7 Å². The summed E-state index contributed by atoms with van der Waals surface area (Å²) in [7, 11) is 0. The van der Waals surface area contributed by atoms with Gasteiger partial charge in [0.15, 0.2) is 0 Å². The molecule has 5 nitrogen and oxygen atoms in total. The molecule has 0 bridgehead atoms. The van der Waals surface area contributed by atoms with E-state index in [2.05, 4.69) is 5.32 Å². The molecule has 1 fully saturated rings. The molecule has 1 aromatic carbocycles. The molecular formula is C13H13Cl2FN2O3. The van der Waals surface area contributed by atoms with Crippen molar-refractivity contribution in [3.63, 3.8) is 0 Å². The molecule has 1 saturated heterocycles. The molecule has 0 aliphatic carbocycles. The van der Waals surface area contributed by atoms with Crippen molar-refractivity contribution < 1.29 is 19.1 Å². The minimum Gasteiger partial charge on any atom is -0.480 e. The summed E-state index contributed by atoms with van der Waals surface area (Å²) >= 11 is 11.8. The second-order valence-corrected chi connectivity index (χ2v) is 5.63. The molecule has 0 saturated carbocycles. The number of carbonyl (C=O) groups excluding carboxylic acids is 1. The van der Waals surface area contributed by atoms with E-state index in [0.717, 1.165) is 0 Å². The van der Waals surface area contributed by atoms with Crippen molar-refractivity contribution in [2.24, 2.45) is 0 Å². The molecule has 1 aromatic rings. The summed E-state index contributed by atoms with van der Waals surface area (Å²) in [6.45, 7) is -0.0280. The lowest BCUT2D eigenvalue weighted by Crippen LogP contribution is -2.58. The van der Waals surface area contributed by atoms with E-state index in [4.69, 9.17) is 23.2 Å². The Morgan fingerprint density at radius 2 is 2.10 bits per heavy atom. The average Bonchev–Trinajstić information content (AvgIpc) is 2.36. The van der Waals surface area contributed by atoms with Crippen LogP contribution in [0.1, 0.15) is 5.56 Å². The van der Waals surface area contributed by atoms with E-state index in [9.17, 15) is 19.1 Å². The highest BCUT2D eigenvalue weighted by Crippen LogP contribution is 2.22. The third-order valence-electron chi connectivity index (χ3n) is 3.16. The summed E-state index contributed by atoms with van der Waals surface area (Å²) in [5.74, 6) is -1.19. The Balaban J connectivity index is 2.02. The number of rotatable bonds is 4. The largest absolute Gasteiger partial charge is 0.480 e. The number of urea groups is 1. The minimum absolute atomic E-state index is 0.0140. The second-order valence-electron chi connectivity index (χ2n) is 4.78. The molecule has 0 radical (unpaired) electrons. The zero-order valence-corrected chi connectivity index (χ0v) is 12.4. The second kappa shape index (κ2) is 6.49. The minimum atomic E-state index is -1.19. The lowest BCUT2D eigenvalue weighted by atomic mass is 10.1. The third kappa shape index (κ3) is 3.98. The van der Waals surface area contributed by atoms with Crippen molar-refractivity contribution in [3.8, 4) is 0 Å². The third-order valence-corrected chi connectivity index (χ3v) is 3.75. The number of nitrogens with one attached hydrogen (secondary N) is 1. The molecule has 8 heteroatoms. The van der Waals surface area contributed by atoms with Crippen LogP contribution < -0.4 is 5.32 Å². The van der Waals surface area contributed by atoms with Crippen molar-refractivity contribution in [1.29, 1.82) is 0 Å². The fourth-order valence-electron chi connectivity index (χ4n) is 1.94. The monoisotopic (exact) mass is 334 g/mol. The van der Waals surface area contributed by atoms with Gasteiger partial charge in [-0.2, -0.15) is 0 Å². The number of benzene rings is 1. The molecule has 2 N–H and O–H groups in total. The molecule has 1 aliphatic heterocycles. The first kappa shape index (κ1) is 15.9. The van der Waals surface area contributed by atoms with Gasteiger partial charge in [0.1, 0.15) is 12.2 Å². The number of halogens is 3. The number of hydrogen-bond acceptors (Lipinski definition) is 2. The first-order valence-electron chi connectivity index (χ1n) is 6.23. The molecule has 2 amide bonds. The molecule has 0 aromatic heterocycles. The zero-order chi connectivity index (χ0) is 15.6. The maximum absolute atomic E-state index is 12.7. The molecule has 1 heterocycles. The van der Waals surface area contributed by atoms with Crippen molar-refractivity contribution in [2.45, 2.75) is 18.6 Å². The number of carbonyl (C=O) groups is 2. The number of hydrogen-bond donors (Lipinski definition) is 2. The van der Waals surface area contributed by atoms with Gasteiger partial charge in [-0.25, -0.2) is 14.0 Å². The predicted octanol–water partition coefficient (Wildman–Crippen LogP) is 2.35. The summed E-state index contributed by atoms with van der Waals surface area (Å²) in [4.78, 5) is 24.2. The van der Waals surface area contributed by atoms with Gasteiger partial charge in [-0.1, -0.05) is 29.3 Å². The van der Waals surface area contributed by atoms with E-state index in [-0.39, 0.29) is 19.5 Å². The maximum Gasteiger partial charge on any atom is 0.326 e. The molecule has 21 heavy (non-hydrogen) atoms. The van der Waals surface area contributed by atoms with Gasteiger partial charge in [0.25, 0.3) is 0 Å². The number of nitrogens with zero attached hydrogens (tertiary/aromatic N) is 1. The van der Waals surface area contributed by atoms with E-state index in [0.29, 0.717) is 15.6 Å². The predicted molar refractivity (Wildman–Crippen MR) is 76.6 cm³/mol. The zero-order valence-electron chi connectivity index (χ0n) is 10.9. The summed E-state index contributed by atoms with van der Waals surface area (Å²) < 4.78 is 12.7. The Bertz CT molecular complexity index is 564. The van der Waals surface area contributed by atoms with Crippen LogP contribution in [0.3, 0.4) is 0 Å². The van der Waals surface area contributed by atoms with Crippen molar-refractivity contribution in [3.05, 3.63) is 33.8 Å². The van der Waals surface area contributed by atoms with Crippen molar-refractivity contribution in [2.75, 3.05) is 13.1 Å². The summed E-state index contributed by atoms with van der Waals surface area (Å²) in [5, 5.41) is 12.3. The van der Waals surface area contributed by atoms with Crippen LogP contribution >= 0.6 is 23.2 Å². The Morgan fingerprint density at radius 1 is 1.43 bits per heavy atom. The Morgan fingerprint density at radius 3 is 2.62 bits per heavy atom. The van der Waals surface area contributed by atoms with Gasteiger partial charge in [-0.15, -0.1) is 0 Å². The number of aliphatic carboxylic acids is 1. The fraction of sp³-hybridized carbons (Fsp3) is 0.385. The Kier molecular flexibility index (Phi) is 4.90. The normalized spacial score (nSPS) is 16.2. The van der Waals surface area contributed by atoms with Crippen LogP contribution in [-0.4, -0.2) is 47.3 Å². The lowest BCUT2D eigenvalue weighted by molar-refractivity contribution is -0.139. The van der Waals surface area contributed by atoms with Gasteiger partial charge in [0.2, 0.25) is 0 Å². The van der Waals surface area contributed by atoms with Crippen LogP contribution in [0.25, 0.3) is 0 Å². The molecule has 2 rings (SSSR count). The van der Waals surface area contributed by atoms with Crippen LogP contribution in [0.5, 0.6) is 0 Å². The number of likely N-dealkylation sites (tertiary alicyclic amines) is 1. The van der Waals surface area contributed by atoms with Crippen molar-refractivity contribution in [1.82, 2.24) is 10.2 Å². The number of amides is 2. The van der Waals surface area contributed by atoms with Crippen LogP contribution in [0.15, 0.2) is 18.2 Å². The van der Waals surface area contributed by atoms with E-state index < -0.39 is 24.2 Å². The average molecular weight is 335 g/mol. The highest BCUT2D eigenvalue weighted by atomic mass is 35.5. The van der Waals surface area contributed by atoms with Crippen LogP contribution in [0, 0.1) is 0 Å². The van der Waals surface area contributed by atoms with E-state index in [1.807, 2.05) is 0 Å². The number of carboxylic acids is 1. The highest BCUT2D eigenvalue weighted by molar-refractivity contribution is 6.35. The van der Waals surface area contributed by atoms with Crippen LogP contribution in [-0.2, 0) is 11.2 Å². The first-order valence-corrected chi connectivity index (χ1v) is 6.98. The topological polar surface area (TPSA) is 69.6 Å². The fourth-order valence-corrected chi connectivity index (χ4v) is 2.42.